The van der Waals surface area contributed by atoms with Gasteiger partial charge in [0.05, 0.1) is 61.9 Å². The molecular formula is C47H56N12O10. The molecule has 0 aliphatic heterocycles. The Morgan fingerprint density at radius 2 is 1.36 bits per heavy atom. The molecule has 7 rings (SSSR count). The van der Waals surface area contributed by atoms with Gasteiger partial charge in [0, 0.05) is 74.4 Å². The van der Waals surface area contributed by atoms with E-state index in [0.29, 0.717) is 88.7 Å². The molecular weight excluding hydrogens is 893 g/mol. The third-order valence-electron chi connectivity index (χ3n) is 10.9. The van der Waals surface area contributed by atoms with Crippen molar-refractivity contribution in [3.05, 3.63) is 83.0 Å². The zero-order valence-electron chi connectivity index (χ0n) is 39.2. The topological polar surface area (TPSA) is 283 Å². The van der Waals surface area contributed by atoms with Gasteiger partial charge in [-0.05, 0) is 64.1 Å². The summed E-state index contributed by atoms with van der Waals surface area (Å²) in [6.45, 7) is 10.4. The highest BCUT2D eigenvalue weighted by atomic mass is 16.5. The summed E-state index contributed by atoms with van der Waals surface area (Å²) in [7, 11) is 1.61. The van der Waals surface area contributed by atoms with Crippen LogP contribution in [0.25, 0.3) is 44.5 Å². The predicted molar refractivity (Wildman–Crippen MR) is 255 cm³/mol. The molecule has 0 radical (unpaired) electrons. The zero-order valence-corrected chi connectivity index (χ0v) is 39.2. The molecule has 0 atom stereocenters. The number of nitrogens with two attached hydrogens (primary N) is 2. The number of imidazole rings is 1. The van der Waals surface area contributed by atoms with Crippen LogP contribution in [0.3, 0.4) is 0 Å². The number of carbonyl (C=O) groups excluding carboxylic acids is 3. The van der Waals surface area contributed by atoms with E-state index in [-0.39, 0.29) is 75.4 Å². The molecule has 0 aliphatic rings. The fourth-order valence-electron chi connectivity index (χ4n) is 7.81. The molecule has 3 amide bonds. The molecule has 22 heteroatoms. The summed E-state index contributed by atoms with van der Waals surface area (Å²) >= 11 is 0. The number of rotatable bonds is 26. The number of hydrogen-bond donors (Lipinski definition) is 4. The molecule has 0 aliphatic carbocycles. The van der Waals surface area contributed by atoms with Crippen molar-refractivity contribution in [3.63, 3.8) is 0 Å². The average Bonchev–Trinajstić information content (AvgIpc) is 4.09. The Hall–Kier alpha value is -7.69. The Bertz CT molecular complexity index is 3040. The molecule has 0 spiro atoms. The third kappa shape index (κ3) is 11.4. The van der Waals surface area contributed by atoms with E-state index in [9.17, 15) is 19.2 Å². The Morgan fingerprint density at radius 1 is 0.725 bits per heavy atom. The number of nitrogens with one attached hydrogen (secondary N) is 1. The molecule has 5 heterocycles. The lowest BCUT2D eigenvalue weighted by molar-refractivity contribution is -0.138. The van der Waals surface area contributed by atoms with Crippen molar-refractivity contribution in [2.45, 2.75) is 66.7 Å². The zero-order chi connectivity index (χ0) is 49.2. The highest BCUT2D eigenvalue weighted by molar-refractivity contribution is 6.12. The van der Waals surface area contributed by atoms with Crippen molar-refractivity contribution >= 4 is 62.6 Å². The molecule has 5 aromatic heterocycles. The van der Waals surface area contributed by atoms with Crippen LogP contribution in [0.1, 0.15) is 69.3 Å². The number of nitrogens with zero attached hydrogens (tertiary/aromatic N) is 9. The van der Waals surface area contributed by atoms with E-state index in [1.165, 1.54) is 12.1 Å². The number of carboxylic acids is 1. The molecule has 0 fully saturated rings. The van der Waals surface area contributed by atoms with Crippen molar-refractivity contribution in [2.24, 2.45) is 11.5 Å². The average molecular weight is 949 g/mol. The molecule has 6 N–H and O–H groups in total. The summed E-state index contributed by atoms with van der Waals surface area (Å²) in [5, 5.41) is 22.2. The maximum Gasteiger partial charge on any atom is 0.305 e. The number of fused-ring (bicyclic) bond motifs is 4. The fraction of sp³-hybridized carbons (Fsp3) is 0.383. The normalized spacial score (nSPS) is 11.7. The number of carbonyl (C=O) groups is 4. The largest absolute Gasteiger partial charge is 0.491 e. The highest BCUT2D eigenvalue weighted by Crippen LogP contribution is 2.37. The van der Waals surface area contributed by atoms with Crippen molar-refractivity contribution in [1.82, 2.24) is 43.6 Å². The number of hydrogen-bond acceptors (Lipinski definition) is 14. The summed E-state index contributed by atoms with van der Waals surface area (Å²) < 4.78 is 35.9. The molecule has 0 unspecified atom stereocenters. The van der Waals surface area contributed by atoms with E-state index in [2.05, 4.69) is 15.5 Å². The van der Waals surface area contributed by atoms with Gasteiger partial charge in [0.2, 0.25) is 17.8 Å². The molecule has 2 aromatic carbocycles. The number of ether oxygens (including phenoxy) is 5. The van der Waals surface area contributed by atoms with E-state index < -0.39 is 23.7 Å². The van der Waals surface area contributed by atoms with Gasteiger partial charge in [-0.3, -0.25) is 33.9 Å². The Labute approximate surface area is 396 Å². The molecule has 364 valence electrons. The van der Waals surface area contributed by atoms with Gasteiger partial charge in [-0.2, -0.15) is 10.2 Å². The van der Waals surface area contributed by atoms with Crippen molar-refractivity contribution < 1.29 is 48.0 Å². The number of primary amides is 2. The van der Waals surface area contributed by atoms with Gasteiger partial charge in [0.15, 0.2) is 5.82 Å². The van der Waals surface area contributed by atoms with Gasteiger partial charge < -0.3 is 49.4 Å². The predicted octanol–water partition coefficient (Wildman–Crippen LogP) is 4.66. The molecule has 7 aromatic rings. The van der Waals surface area contributed by atoms with E-state index in [1.807, 2.05) is 48.2 Å². The second-order valence-electron chi connectivity index (χ2n) is 15.8. The first-order chi connectivity index (χ1) is 33.3. The first kappa shape index (κ1) is 49.2. The smallest absolute Gasteiger partial charge is 0.305 e. The Kier molecular flexibility index (Phi) is 16.0. The van der Waals surface area contributed by atoms with Crippen molar-refractivity contribution in [1.29, 1.82) is 0 Å². The van der Waals surface area contributed by atoms with Crippen LogP contribution in [0.5, 0.6) is 11.5 Å². The number of benzene rings is 2. The van der Waals surface area contributed by atoms with Crippen molar-refractivity contribution in [2.75, 3.05) is 58.7 Å². The lowest BCUT2D eigenvalue weighted by Gasteiger charge is -2.13. The van der Waals surface area contributed by atoms with Crippen LogP contribution in [-0.4, -0.2) is 126 Å². The second kappa shape index (κ2) is 22.4. The van der Waals surface area contributed by atoms with E-state index in [0.717, 1.165) is 11.4 Å². The van der Waals surface area contributed by atoms with Crippen LogP contribution in [0.4, 0.5) is 5.95 Å². The Morgan fingerprint density at radius 3 is 2.06 bits per heavy atom. The quantitative estimate of drug-likeness (QED) is 0.0424. The van der Waals surface area contributed by atoms with Gasteiger partial charge in [-0.1, -0.05) is 12.2 Å². The van der Waals surface area contributed by atoms with Crippen molar-refractivity contribution in [3.8, 4) is 23.0 Å². The first-order valence-electron chi connectivity index (χ1n) is 22.5. The van der Waals surface area contributed by atoms with Crippen LogP contribution < -0.4 is 26.3 Å². The fourth-order valence-corrected chi connectivity index (χ4v) is 7.81. The third-order valence-corrected chi connectivity index (χ3v) is 10.9. The van der Waals surface area contributed by atoms with Gasteiger partial charge >= 0.3 is 5.97 Å². The minimum atomic E-state index is -0.955. The maximum absolute atomic E-state index is 13.9. The Balaban J connectivity index is 1.28. The first-order valence-corrected chi connectivity index (χ1v) is 22.5. The van der Waals surface area contributed by atoms with Crippen LogP contribution in [0, 0.1) is 13.8 Å². The highest BCUT2D eigenvalue weighted by Gasteiger charge is 2.24. The van der Waals surface area contributed by atoms with Crippen LogP contribution >= 0.6 is 0 Å². The van der Waals surface area contributed by atoms with Crippen LogP contribution in [-0.2, 0) is 45.2 Å². The lowest BCUT2D eigenvalue weighted by atomic mass is 10.1. The van der Waals surface area contributed by atoms with E-state index >= 15 is 0 Å². The lowest BCUT2D eigenvalue weighted by Crippen LogP contribution is -2.20. The number of aromatic nitrogens is 9. The van der Waals surface area contributed by atoms with Gasteiger partial charge in [-0.15, -0.1) is 0 Å². The minimum Gasteiger partial charge on any atom is -0.491 e. The van der Waals surface area contributed by atoms with Crippen LogP contribution in [0.15, 0.2) is 54.7 Å². The molecule has 69 heavy (non-hydrogen) atoms. The molecule has 0 bridgehead atoms. The molecule has 0 saturated carbocycles. The second-order valence-corrected chi connectivity index (χ2v) is 15.8. The number of amides is 3. The van der Waals surface area contributed by atoms with E-state index in [1.54, 1.807) is 47.7 Å². The van der Waals surface area contributed by atoms with Gasteiger partial charge in [-0.25, -0.2) is 15.0 Å². The summed E-state index contributed by atoms with van der Waals surface area (Å²) in [4.78, 5) is 64.6. The number of aliphatic carboxylic acids is 1. The maximum atomic E-state index is 13.9. The standard InChI is InChI=1S/C47H56N12O10/c1-6-58-35(21-28(3)54-58)44-50-27-33-32-23-30(42(48)62)25-37(68-15-10-14-65-5)40(32)56(45(33)52-44)12-8-9-13-57-41-34(51-47(57)53-46(64)36-22-29(4)55-59(36)7-2)24-31(43(49)63)26-38(41)69-20-19-67-18-17-66-16-11-39(60)61/h8-9,21-27H,6-7,10-20H2,1-5H3,(H2,48,62)(H2,49,63)(H,60,61)(H,51,53,64)/b9-8+. The minimum absolute atomic E-state index is 0.0493. The number of anilines is 1. The summed E-state index contributed by atoms with van der Waals surface area (Å²) in [6, 6.07) is 9.99. The number of carboxylic acid groups (broad SMARTS) is 1. The summed E-state index contributed by atoms with van der Waals surface area (Å²) in [6.07, 6.45) is 6.02. The summed E-state index contributed by atoms with van der Waals surface area (Å²) in [5.74, 6) is -1.45. The molecule has 0 saturated heterocycles. The monoisotopic (exact) mass is 948 g/mol. The van der Waals surface area contributed by atoms with Gasteiger partial charge in [0.1, 0.15) is 40.7 Å². The summed E-state index contributed by atoms with van der Waals surface area (Å²) in [5.41, 5.74) is 16.6. The number of methoxy groups -OCH3 is 1. The van der Waals surface area contributed by atoms with E-state index in [4.69, 9.17) is 55.2 Å². The molecule has 22 nitrogen and oxygen atoms in total. The number of allylic oxidation sites excluding steroid dienone is 2. The SMILES string of the molecule is CCn1nc(C)cc1C(=O)Nc1nc2cc(C(N)=O)cc(OCCOCCOCCC(=O)O)c2n1C/C=C/Cn1c2nc(-c3cc(C)nn3CC)ncc2c2cc(C(N)=O)cc(OCCCOC)c21. The van der Waals surface area contributed by atoms with Crippen LogP contribution in [0.2, 0.25) is 0 Å². The number of aryl methyl sites for hydroxylation is 4. The van der Waals surface area contributed by atoms with Gasteiger partial charge in [0.25, 0.3) is 5.91 Å².